The number of aryl methyl sites for hydroxylation is 1. The number of ether oxygens (including phenoxy) is 1. The lowest BCUT2D eigenvalue weighted by Crippen LogP contribution is -2.44. The number of benzene rings is 2. The van der Waals surface area contributed by atoms with Crippen LogP contribution in [0, 0.1) is 6.92 Å². The number of methoxy groups -OCH3 is 1. The molecule has 2 unspecified atom stereocenters. The lowest BCUT2D eigenvalue weighted by atomic mass is 9.75. The van der Waals surface area contributed by atoms with Gasteiger partial charge in [0.2, 0.25) is 0 Å². The standard InChI is InChI=1S/C25H28N2O2/c1-16-4-6-18(7-5-16)22-15-24(29-26-22)25-21(14-19-10-13-23(25)27(19)2)17-8-11-20(28-3)12-9-17/h4-9,11-12,15,19,21,23,25H,10,13-14H2,1-3H3/t19?,21-,23?,25+/m1/s1. The molecule has 3 heterocycles. The van der Waals surface area contributed by atoms with Crippen molar-refractivity contribution in [1.82, 2.24) is 10.1 Å². The highest BCUT2D eigenvalue weighted by Gasteiger charge is 2.48. The molecule has 2 aromatic carbocycles. The maximum absolute atomic E-state index is 5.98. The van der Waals surface area contributed by atoms with Crippen LogP contribution in [0.2, 0.25) is 0 Å². The lowest BCUT2D eigenvalue weighted by molar-refractivity contribution is 0.122. The van der Waals surface area contributed by atoms with Crippen LogP contribution in [0.3, 0.4) is 0 Å². The minimum absolute atomic E-state index is 0.318. The molecule has 0 aliphatic carbocycles. The summed E-state index contributed by atoms with van der Waals surface area (Å²) in [4.78, 5) is 2.57. The SMILES string of the molecule is COc1ccc([C@H]2CC3CCC([C@H]2c2cc(-c4ccc(C)cc4)no2)N3C)cc1. The molecule has 0 amide bonds. The molecule has 0 spiro atoms. The normalized spacial score (nSPS) is 26.6. The van der Waals surface area contributed by atoms with Gasteiger partial charge in [-0.05, 0) is 56.8 Å². The van der Waals surface area contributed by atoms with E-state index in [4.69, 9.17) is 9.26 Å². The maximum Gasteiger partial charge on any atom is 0.142 e. The summed E-state index contributed by atoms with van der Waals surface area (Å²) in [6.45, 7) is 2.10. The molecule has 2 bridgehead atoms. The molecule has 4 atom stereocenters. The summed E-state index contributed by atoms with van der Waals surface area (Å²) < 4.78 is 11.3. The molecule has 0 saturated carbocycles. The first-order valence-corrected chi connectivity index (χ1v) is 10.5. The van der Waals surface area contributed by atoms with E-state index in [1.807, 2.05) is 0 Å². The van der Waals surface area contributed by atoms with E-state index in [1.54, 1.807) is 7.11 Å². The monoisotopic (exact) mass is 388 g/mol. The van der Waals surface area contributed by atoms with Crippen LogP contribution in [-0.2, 0) is 0 Å². The molecule has 5 rings (SSSR count). The van der Waals surface area contributed by atoms with Crippen molar-refractivity contribution in [2.45, 2.75) is 50.1 Å². The first-order valence-electron chi connectivity index (χ1n) is 10.5. The number of hydrogen-bond donors (Lipinski definition) is 0. The van der Waals surface area contributed by atoms with Crippen molar-refractivity contribution >= 4 is 0 Å². The third-order valence-corrected chi connectivity index (χ3v) is 7.02. The molecule has 4 nitrogen and oxygen atoms in total. The van der Waals surface area contributed by atoms with Crippen molar-refractivity contribution in [1.29, 1.82) is 0 Å². The quantitative estimate of drug-likeness (QED) is 0.600. The average Bonchev–Trinajstić information content (AvgIpc) is 3.31. The van der Waals surface area contributed by atoms with Gasteiger partial charge in [0.1, 0.15) is 17.2 Å². The first-order chi connectivity index (χ1) is 14.1. The molecule has 29 heavy (non-hydrogen) atoms. The zero-order chi connectivity index (χ0) is 20.0. The summed E-state index contributed by atoms with van der Waals surface area (Å²) in [7, 11) is 3.99. The largest absolute Gasteiger partial charge is 0.497 e. The summed E-state index contributed by atoms with van der Waals surface area (Å²) >= 11 is 0. The van der Waals surface area contributed by atoms with E-state index >= 15 is 0 Å². The van der Waals surface area contributed by atoms with Gasteiger partial charge >= 0.3 is 0 Å². The Balaban J connectivity index is 1.51. The van der Waals surface area contributed by atoms with Crippen molar-refractivity contribution in [2.24, 2.45) is 0 Å². The lowest BCUT2D eigenvalue weighted by Gasteiger charge is -2.42. The first kappa shape index (κ1) is 18.4. The second-order valence-corrected chi connectivity index (χ2v) is 8.59. The van der Waals surface area contributed by atoms with Gasteiger partial charge in [-0.3, -0.25) is 4.90 Å². The zero-order valence-corrected chi connectivity index (χ0v) is 17.3. The van der Waals surface area contributed by atoms with E-state index in [0.29, 0.717) is 23.9 Å². The van der Waals surface area contributed by atoms with E-state index in [0.717, 1.165) is 29.2 Å². The highest BCUT2D eigenvalue weighted by Crippen LogP contribution is 2.51. The molecule has 2 saturated heterocycles. The number of fused-ring (bicyclic) bond motifs is 2. The van der Waals surface area contributed by atoms with Crippen LogP contribution >= 0.6 is 0 Å². The summed E-state index contributed by atoms with van der Waals surface area (Å²) in [5.41, 5.74) is 4.66. The van der Waals surface area contributed by atoms with Gasteiger partial charge in [-0.15, -0.1) is 0 Å². The molecule has 2 aliphatic heterocycles. The number of aromatic nitrogens is 1. The Morgan fingerprint density at radius 2 is 1.79 bits per heavy atom. The molecule has 2 aliphatic rings. The molecule has 1 aromatic heterocycles. The summed E-state index contributed by atoms with van der Waals surface area (Å²) in [5, 5.41) is 4.44. The number of likely N-dealkylation sites (N-methyl/N-ethyl adjacent to an activating group) is 1. The van der Waals surface area contributed by atoms with Gasteiger partial charge in [0.25, 0.3) is 0 Å². The fourth-order valence-corrected chi connectivity index (χ4v) is 5.36. The highest BCUT2D eigenvalue weighted by atomic mass is 16.5. The molecular formula is C25H28N2O2. The molecule has 4 heteroatoms. The minimum atomic E-state index is 0.318. The van der Waals surface area contributed by atoms with Crippen molar-refractivity contribution in [2.75, 3.05) is 14.2 Å². The van der Waals surface area contributed by atoms with Crippen molar-refractivity contribution in [3.05, 3.63) is 71.5 Å². The van der Waals surface area contributed by atoms with Crippen molar-refractivity contribution in [3.63, 3.8) is 0 Å². The van der Waals surface area contributed by atoms with Crippen LogP contribution in [-0.4, -0.2) is 36.3 Å². The second kappa shape index (κ2) is 7.34. The molecule has 150 valence electrons. The molecule has 0 N–H and O–H groups in total. The zero-order valence-electron chi connectivity index (χ0n) is 17.3. The van der Waals surface area contributed by atoms with Gasteiger partial charge in [-0.25, -0.2) is 0 Å². The molecular weight excluding hydrogens is 360 g/mol. The Hall–Kier alpha value is -2.59. The second-order valence-electron chi connectivity index (χ2n) is 8.59. The number of hydrogen-bond acceptors (Lipinski definition) is 4. The molecule has 0 radical (unpaired) electrons. The number of nitrogens with zero attached hydrogens (tertiary/aromatic N) is 2. The van der Waals surface area contributed by atoms with Crippen LogP contribution in [0.5, 0.6) is 5.75 Å². The minimum Gasteiger partial charge on any atom is -0.497 e. The van der Waals surface area contributed by atoms with Gasteiger partial charge < -0.3 is 9.26 Å². The fourth-order valence-electron chi connectivity index (χ4n) is 5.36. The van der Waals surface area contributed by atoms with E-state index < -0.39 is 0 Å². The van der Waals surface area contributed by atoms with Gasteiger partial charge in [-0.2, -0.15) is 0 Å². The van der Waals surface area contributed by atoms with Crippen molar-refractivity contribution in [3.8, 4) is 17.0 Å². The van der Waals surface area contributed by atoms with Gasteiger partial charge in [0, 0.05) is 29.6 Å². The Labute approximate surface area is 172 Å². The maximum atomic E-state index is 5.98. The van der Waals surface area contributed by atoms with Crippen LogP contribution in [0.1, 0.15) is 48.0 Å². The predicted molar refractivity (Wildman–Crippen MR) is 114 cm³/mol. The molecule has 3 aromatic rings. The van der Waals surface area contributed by atoms with Crippen LogP contribution < -0.4 is 4.74 Å². The summed E-state index contributed by atoms with van der Waals surface area (Å²) in [6, 6.07) is 20.4. The van der Waals surface area contributed by atoms with Gasteiger partial charge in [0.05, 0.1) is 7.11 Å². The van der Waals surface area contributed by atoms with Crippen LogP contribution in [0.15, 0.2) is 59.1 Å². The fraction of sp³-hybridized carbons (Fsp3) is 0.400. The average molecular weight is 389 g/mol. The van der Waals surface area contributed by atoms with Crippen LogP contribution in [0.4, 0.5) is 0 Å². The third kappa shape index (κ3) is 3.25. The van der Waals surface area contributed by atoms with Gasteiger partial charge in [-0.1, -0.05) is 47.1 Å². The van der Waals surface area contributed by atoms with Gasteiger partial charge in [0.15, 0.2) is 0 Å². The van der Waals surface area contributed by atoms with Crippen LogP contribution in [0.25, 0.3) is 11.3 Å². The Morgan fingerprint density at radius 3 is 2.52 bits per heavy atom. The third-order valence-electron chi connectivity index (χ3n) is 7.02. The smallest absolute Gasteiger partial charge is 0.142 e. The summed E-state index contributed by atoms with van der Waals surface area (Å²) in [6.07, 6.45) is 3.65. The van der Waals surface area contributed by atoms with E-state index in [9.17, 15) is 0 Å². The van der Waals surface area contributed by atoms with E-state index in [1.165, 1.54) is 24.0 Å². The molecule has 2 fully saturated rings. The highest BCUT2D eigenvalue weighted by molar-refractivity contribution is 5.59. The number of rotatable bonds is 4. The van der Waals surface area contributed by atoms with Crippen molar-refractivity contribution < 1.29 is 9.26 Å². The Bertz CT molecular complexity index is 977. The number of piperidine rings is 1. The van der Waals surface area contributed by atoms with E-state index in [-0.39, 0.29) is 0 Å². The van der Waals surface area contributed by atoms with E-state index in [2.05, 4.69) is 78.6 Å². The summed E-state index contributed by atoms with van der Waals surface area (Å²) in [5.74, 6) is 2.67. The topological polar surface area (TPSA) is 38.5 Å². The Morgan fingerprint density at radius 1 is 1.03 bits per heavy atom. The predicted octanol–water partition coefficient (Wildman–Crippen LogP) is 5.39. The Kier molecular flexibility index (Phi) is 4.67.